The predicted molar refractivity (Wildman–Crippen MR) is 96.8 cm³/mol. The van der Waals surface area contributed by atoms with Gasteiger partial charge in [-0.25, -0.2) is 18.4 Å². The maximum Gasteiger partial charge on any atom is 0.511 e. The zero-order chi connectivity index (χ0) is 21.7. The summed E-state index contributed by atoms with van der Waals surface area (Å²) < 4.78 is 38.9. The van der Waals surface area contributed by atoms with Crippen LogP contribution in [0.2, 0.25) is 0 Å². The van der Waals surface area contributed by atoms with Crippen molar-refractivity contribution in [3.63, 3.8) is 0 Å². The average molecular weight is 437 g/mol. The highest BCUT2D eigenvalue weighted by Gasteiger charge is 2.52. The van der Waals surface area contributed by atoms with Crippen LogP contribution in [0.5, 0.6) is 0 Å². The van der Waals surface area contributed by atoms with E-state index in [4.69, 9.17) is 24.8 Å². The van der Waals surface area contributed by atoms with Crippen LogP contribution >= 0.6 is 11.8 Å². The molecule has 1 fully saturated rings. The Morgan fingerprint density at radius 1 is 1.31 bits per heavy atom. The molecule has 0 saturated carbocycles. The lowest BCUT2D eigenvalue weighted by Crippen LogP contribution is -2.68. The molecule has 2 rings (SSSR count). The molecule has 2 aliphatic heterocycles. The Morgan fingerprint density at radius 3 is 2.62 bits per heavy atom. The van der Waals surface area contributed by atoms with Crippen molar-refractivity contribution < 1.29 is 42.2 Å². The van der Waals surface area contributed by atoms with Crippen molar-refractivity contribution in [2.45, 2.75) is 51.0 Å². The molecule has 2 N–H and O–H groups in total. The maximum atomic E-state index is 12.6. The molecule has 0 aliphatic carbocycles. The molecule has 1 unspecified atom stereocenters. The first kappa shape index (κ1) is 22.9. The molecule has 2 aliphatic rings. The lowest BCUT2D eigenvalue weighted by molar-refractivity contribution is -0.169. The van der Waals surface area contributed by atoms with Crippen LogP contribution in [0, 0.1) is 0 Å². The highest BCUT2D eigenvalue weighted by Crippen LogP contribution is 2.39. The molecule has 0 radical (unpaired) electrons. The summed E-state index contributed by atoms with van der Waals surface area (Å²) in [6, 6.07) is -0.781. The van der Waals surface area contributed by atoms with E-state index in [9.17, 15) is 23.2 Å². The molecule has 0 bridgehead atoms. The van der Waals surface area contributed by atoms with E-state index in [1.54, 1.807) is 13.8 Å². The number of rotatable bonds is 8. The van der Waals surface area contributed by atoms with E-state index in [2.05, 4.69) is 5.16 Å². The van der Waals surface area contributed by atoms with Crippen LogP contribution in [0.3, 0.4) is 0 Å². The van der Waals surface area contributed by atoms with Gasteiger partial charge in [0.2, 0.25) is 12.2 Å². The molecule has 0 aromatic carbocycles. The van der Waals surface area contributed by atoms with Gasteiger partial charge in [0.15, 0.2) is 0 Å². The first-order valence-corrected chi connectivity index (χ1v) is 9.60. The van der Waals surface area contributed by atoms with Crippen molar-refractivity contribution in [1.82, 2.24) is 4.90 Å². The Labute approximate surface area is 169 Å². The smallest absolute Gasteiger partial charge is 0.431 e. The molecule has 3 atom stereocenters. The predicted octanol–water partition coefficient (Wildman–Crippen LogP) is 1.20. The molecule has 0 spiro atoms. The standard InChI is InChI=1S/C16H21F2N3O7S/c1-7(2)26-16(24)28-8(3)27-15(23)12-9(5-25-20-4-10(17)18)6-29-14-11(19)13(22)21(12)14/h4,7-8,10-11,14H,5-6,19H2,1-3H3/t8?,11-,14-/m1/s1. The molecule has 162 valence electrons. The topological polar surface area (TPSA) is 130 Å². The van der Waals surface area contributed by atoms with Gasteiger partial charge in [0.25, 0.3) is 6.43 Å². The zero-order valence-electron chi connectivity index (χ0n) is 15.9. The molecule has 1 saturated heterocycles. The summed E-state index contributed by atoms with van der Waals surface area (Å²) in [5.41, 5.74) is 5.90. The average Bonchev–Trinajstić information content (AvgIpc) is 2.62. The Kier molecular flexibility index (Phi) is 7.79. The molecule has 2 heterocycles. The van der Waals surface area contributed by atoms with Gasteiger partial charge in [-0.15, -0.1) is 11.8 Å². The number of oxime groups is 1. The summed E-state index contributed by atoms with van der Waals surface area (Å²) in [6.07, 6.45) is -5.27. The highest BCUT2D eigenvalue weighted by molar-refractivity contribution is 8.00. The normalized spacial score (nSPS) is 22.5. The van der Waals surface area contributed by atoms with E-state index in [1.165, 1.54) is 18.7 Å². The third-order valence-electron chi connectivity index (χ3n) is 3.64. The van der Waals surface area contributed by atoms with Crippen LogP contribution in [-0.4, -0.2) is 71.7 Å². The van der Waals surface area contributed by atoms with E-state index in [1.807, 2.05) is 0 Å². The summed E-state index contributed by atoms with van der Waals surface area (Å²) in [5, 5.41) is 2.63. The van der Waals surface area contributed by atoms with Crippen molar-refractivity contribution in [3.8, 4) is 0 Å². The Morgan fingerprint density at radius 2 is 2.00 bits per heavy atom. The fourth-order valence-corrected chi connectivity index (χ4v) is 3.74. The Bertz CT molecular complexity index is 717. The Hall–Kier alpha value is -2.41. The number of thioether (sulfide) groups is 1. The number of hydrogen-bond donors (Lipinski definition) is 1. The number of carbonyl (C=O) groups is 3. The first-order chi connectivity index (χ1) is 13.6. The second-order valence-corrected chi connectivity index (χ2v) is 7.36. The number of fused-ring (bicyclic) bond motifs is 1. The minimum absolute atomic E-state index is 0.139. The largest absolute Gasteiger partial charge is 0.511 e. The van der Waals surface area contributed by atoms with Crippen LogP contribution < -0.4 is 5.73 Å². The first-order valence-electron chi connectivity index (χ1n) is 8.56. The zero-order valence-corrected chi connectivity index (χ0v) is 16.7. The van der Waals surface area contributed by atoms with Gasteiger partial charge < -0.3 is 24.8 Å². The van der Waals surface area contributed by atoms with Crippen molar-refractivity contribution in [2.75, 3.05) is 12.4 Å². The second-order valence-electron chi connectivity index (χ2n) is 6.26. The van der Waals surface area contributed by atoms with E-state index < -0.39 is 48.3 Å². The maximum absolute atomic E-state index is 12.6. The molecule has 13 heteroatoms. The molecule has 10 nitrogen and oxygen atoms in total. The monoisotopic (exact) mass is 437 g/mol. The number of carbonyl (C=O) groups excluding carboxylic acids is 3. The Balaban J connectivity index is 2.11. The van der Waals surface area contributed by atoms with E-state index in [-0.39, 0.29) is 24.3 Å². The third-order valence-corrected chi connectivity index (χ3v) is 5.00. The number of ether oxygens (including phenoxy) is 3. The van der Waals surface area contributed by atoms with Crippen LogP contribution in [0.4, 0.5) is 13.6 Å². The van der Waals surface area contributed by atoms with Gasteiger partial charge in [-0.3, -0.25) is 9.69 Å². The summed E-state index contributed by atoms with van der Waals surface area (Å²) in [4.78, 5) is 42.2. The van der Waals surface area contributed by atoms with Gasteiger partial charge in [0.1, 0.15) is 29.9 Å². The number of amides is 1. The molecule has 0 aromatic rings. The SMILES string of the molecule is CC(C)OC(=O)OC(C)OC(=O)C1=C(CON=CC(F)F)CS[C@@H]2[C@H](N)C(=O)N12. The van der Waals surface area contributed by atoms with Crippen LogP contribution in [-0.2, 0) is 28.6 Å². The van der Waals surface area contributed by atoms with Gasteiger partial charge in [-0.1, -0.05) is 5.16 Å². The number of nitrogens with zero attached hydrogens (tertiary/aromatic N) is 2. The van der Waals surface area contributed by atoms with Crippen LogP contribution in [0.15, 0.2) is 16.4 Å². The van der Waals surface area contributed by atoms with Gasteiger partial charge in [-0.2, -0.15) is 0 Å². The third kappa shape index (κ3) is 5.79. The summed E-state index contributed by atoms with van der Waals surface area (Å²) >= 11 is 1.28. The van der Waals surface area contributed by atoms with Gasteiger partial charge in [0, 0.05) is 18.2 Å². The van der Waals surface area contributed by atoms with Crippen molar-refractivity contribution >= 4 is 36.0 Å². The number of nitrogens with two attached hydrogens (primary N) is 1. The van der Waals surface area contributed by atoms with Crippen molar-refractivity contribution in [2.24, 2.45) is 10.9 Å². The molecular weight excluding hydrogens is 416 g/mol. The number of hydrogen-bond acceptors (Lipinski definition) is 10. The molecule has 0 aromatic heterocycles. The molecular formula is C16H21F2N3O7S. The summed E-state index contributed by atoms with van der Waals surface area (Å²) in [6.45, 7) is 4.20. The number of β-lactam (4-membered cyclic amide) rings is 1. The fourth-order valence-electron chi connectivity index (χ4n) is 2.47. The van der Waals surface area contributed by atoms with Gasteiger partial charge in [0.05, 0.1) is 6.10 Å². The lowest BCUT2D eigenvalue weighted by Gasteiger charge is -2.48. The lowest BCUT2D eigenvalue weighted by atomic mass is 10.0. The van der Waals surface area contributed by atoms with Crippen molar-refractivity contribution in [3.05, 3.63) is 11.3 Å². The van der Waals surface area contributed by atoms with Gasteiger partial charge >= 0.3 is 12.1 Å². The minimum Gasteiger partial charge on any atom is -0.431 e. The highest BCUT2D eigenvalue weighted by atomic mass is 32.2. The van der Waals surface area contributed by atoms with Crippen molar-refractivity contribution in [1.29, 1.82) is 0 Å². The fraction of sp³-hybridized carbons (Fsp3) is 0.625. The van der Waals surface area contributed by atoms with E-state index in [0.29, 0.717) is 5.57 Å². The number of esters is 1. The molecule has 1 amide bonds. The van der Waals surface area contributed by atoms with Crippen LogP contribution in [0.25, 0.3) is 0 Å². The van der Waals surface area contributed by atoms with E-state index in [0.717, 1.165) is 4.90 Å². The summed E-state index contributed by atoms with van der Waals surface area (Å²) in [7, 11) is 0. The minimum atomic E-state index is -2.79. The second kappa shape index (κ2) is 9.87. The van der Waals surface area contributed by atoms with E-state index >= 15 is 0 Å². The van der Waals surface area contributed by atoms with Gasteiger partial charge in [-0.05, 0) is 13.8 Å². The quantitative estimate of drug-likeness (QED) is 0.196. The number of halogens is 2. The number of alkyl halides is 2. The summed E-state index contributed by atoms with van der Waals surface area (Å²) in [5.74, 6) is -1.23. The van der Waals surface area contributed by atoms with Crippen LogP contribution in [0.1, 0.15) is 20.8 Å². The molecule has 29 heavy (non-hydrogen) atoms.